The van der Waals surface area contributed by atoms with Crippen molar-refractivity contribution in [2.75, 3.05) is 0 Å². The fraction of sp³-hybridized carbons (Fsp3) is 0.500. The monoisotopic (exact) mass is 180 g/mol. The highest BCUT2D eigenvalue weighted by Gasteiger charge is 2.12. The van der Waals surface area contributed by atoms with E-state index in [4.69, 9.17) is 5.73 Å². The molecule has 0 fully saturated rings. The van der Waals surface area contributed by atoms with Crippen LogP contribution >= 0.6 is 0 Å². The zero-order valence-corrected chi connectivity index (χ0v) is 7.85. The highest BCUT2D eigenvalue weighted by atomic mass is 16.3. The van der Waals surface area contributed by atoms with E-state index in [1.165, 1.54) is 0 Å². The Balaban J connectivity index is 2.50. The van der Waals surface area contributed by atoms with Crippen LogP contribution in [0, 0.1) is 0 Å². The van der Waals surface area contributed by atoms with Gasteiger partial charge in [0.2, 0.25) is 0 Å². The quantitative estimate of drug-likeness (QED) is 0.718. The van der Waals surface area contributed by atoms with Gasteiger partial charge in [0, 0.05) is 18.4 Å². The Hall–Kier alpha value is -0.930. The predicted octanol–water partition coefficient (Wildman–Crippen LogP) is 0.722. The molecule has 0 aliphatic heterocycles. The molecule has 0 saturated carbocycles. The molecule has 3 heteroatoms. The van der Waals surface area contributed by atoms with Gasteiger partial charge in [0.25, 0.3) is 0 Å². The van der Waals surface area contributed by atoms with Crippen molar-refractivity contribution in [3.8, 4) is 0 Å². The van der Waals surface area contributed by atoms with Gasteiger partial charge in [0.15, 0.2) is 0 Å². The normalized spacial score (nSPS) is 15.3. The molecule has 1 rings (SSSR count). The Morgan fingerprint density at radius 1 is 1.62 bits per heavy atom. The molecule has 3 nitrogen and oxygen atoms in total. The Morgan fingerprint density at radius 2 is 2.38 bits per heavy atom. The fourth-order valence-corrected chi connectivity index (χ4v) is 1.23. The minimum atomic E-state index is -0.416. The second-order valence-corrected chi connectivity index (χ2v) is 3.20. The third kappa shape index (κ3) is 3.13. The van der Waals surface area contributed by atoms with Crippen LogP contribution in [0.3, 0.4) is 0 Å². The Labute approximate surface area is 78.6 Å². The lowest BCUT2D eigenvalue weighted by atomic mass is 10.0. The van der Waals surface area contributed by atoms with E-state index in [0.29, 0.717) is 12.8 Å². The van der Waals surface area contributed by atoms with Crippen LogP contribution < -0.4 is 5.73 Å². The average molecular weight is 180 g/mol. The molecule has 0 aliphatic rings. The number of pyridine rings is 1. The summed E-state index contributed by atoms with van der Waals surface area (Å²) < 4.78 is 0. The maximum Gasteiger partial charge on any atom is 0.0691 e. The molecule has 0 aromatic carbocycles. The molecular formula is C10H16N2O. The molecule has 13 heavy (non-hydrogen) atoms. The first-order valence-electron chi connectivity index (χ1n) is 4.56. The summed E-state index contributed by atoms with van der Waals surface area (Å²) in [6.45, 7) is 1.92. The topological polar surface area (TPSA) is 59.1 Å². The summed E-state index contributed by atoms with van der Waals surface area (Å²) in [4.78, 5) is 3.99. The van der Waals surface area contributed by atoms with E-state index in [1.54, 1.807) is 12.4 Å². The van der Waals surface area contributed by atoms with Gasteiger partial charge < -0.3 is 10.8 Å². The van der Waals surface area contributed by atoms with Gasteiger partial charge in [-0.2, -0.15) is 0 Å². The molecule has 2 unspecified atom stereocenters. The molecule has 2 atom stereocenters. The molecule has 1 heterocycles. The lowest BCUT2D eigenvalue weighted by Gasteiger charge is -2.16. The molecule has 0 bridgehead atoms. The number of aromatic nitrogens is 1. The minimum Gasteiger partial charge on any atom is -0.392 e. The summed E-state index contributed by atoms with van der Waals surface area (Å²) in [5.74, 6) is 0. The van der Waals surface area contributed by atoms with Gasteiger partial charge in [0.05, 0.1) is 6.10 Å². The van der Waals surface area contributed by atoms with Crippen LogP contribution in [-0.2, 0) is 6.42 Å². The number of aliphatic hydroxyl groups excluding tert-OH is 1. The van der Waals surface area contributed by atoms with Crippen molar-refractivity contribution in [1.82, 2.24) is 4.98 Å². The van der Waals surface area contributed by atoms with E-state index < -0.39 is 6.10 Å². The number of rotatable bonds is 4. The summed E-state index contributed by atoms with van der Waals surface area (Å²) in [5, 5.41) is 9.44. The number of nitrogens with zero attached hydrogens (tertiary/aromatic N) is 1. The van der Waals surface area contributed by atoms with Crippen LogP contribution in [-0.4, -0.2) is 22.2 Å². The van der Waals surface area contributed by atoms with Crippen molar-refractivity contribution in [3.63, 3.8) is 0 Å². The van der Waals surface area contributed by atoms with E-state index in [9.17, 15) is 5.11 Å². The van der Waals surface area contributed by atoms with Gasteiger partial charge in [-0.1, -0.05) is 13.0 Å². The largest absolute Gasteiger partial charge is 0.392 e. The van der Waals surface area contributed by atoms with Crippen LogP contribution in [0.15, 0.2) is 24.5 Å². The van der Waals surface area contributed by atoms with Crippen LogP contribution in [0.4, 0.5) is 0 Å². The highest BCUT2D eigenvalue weighted by molar-refractivity contribution is 5.10. The number of aliphatic hydroxyl groups is 1. The van der Waals surface area contributed by atoms with Crippen molar-refractivity contribution in [2.24, 2.45) is 5.73 Å². The molecule has 1 aromatic heterocycles. The molecule has 3 N–H and O–H groups in total. The zero-order chi connectivity index (χ0) is 9.68. The van der Waals surface area contributed by atoms with Crippen LogP contribution in [0.2, 0.25) is 0 Å². The van der Waals surface area contributed by atoms with Crippen LogP contribution in [0.1, 0.15) is 18.9 Å². The lowest BCUT2D eigenvalue weighted by Crippen LogP contribution is -2.36. The van der Waals surface area contributed by atoms with E-state index in [0.717, 1.165) is 5.56 Å². The molecule has 72 valence electrons. The van der Waals surface area contributed by atoms with E-state index >= 15 is 0 Å². The molecule has 0 saturated heterocycles. The maximum atomic E-state index is 9.44. The van der Waals surface area contributed by atoms with Gasteiger partial charge in [-0.3, -0.25) is 4.98 Å². The lowest BCUT2D eigenvalue weighted by molar-refractivity contribution is 0.140. The molecule has 0 radical (unpaired) electrons. The number of nitrogens with two attached hydrogens (primary N) is 1. The summed E-state index contributed by atoms with van der Waals surface area (Å²) in [6.07, 6.45) is 4.47. The highest BCUT2D eigenvalue weighted by Crippen LogP contribution is 2.04. The van der Waals surface area contributed by atoms with Gasteiger partial charge in [-0.25, -0.2) is 0 Å². The fourth-order valence-electron chi connectivity index (χ4n) is 1.23. The molecule has 0 aliphatic carbocycles. The standard InChI is InChI=1S/C10H16N2O/c1-2-10(13)9(11)6-8-4-3-5-12-7-8/h3-5,7,9-10,13H,2,6,11H2,1H3. The Bertz CT molecular complexity index is 238. The first-order chi connectivity index (χ1) is 6.24. The molecule has 0 amide bonds. The molecule has 0 spiro atoms. The Kier molecular flexibility index (Phi) is 3.86. The summed E-state index contributed by atoms with van der Waals surface area (Å²) in [6, 6.07) is 3.66. The molecule has 1 aromatic rings. The number of hydrogen-bond donors (Lipinski definition) is 2. The average Bonchev–Trinajstić information content (AvgIpc) is 2.18. The molecular weight excluding hydrogens is 164 g/mol. The SMILES string of the molecule is CCC(O)C(N)Cc1cccnc1. The van der Waals surface area contributed by atoms with E-state index in [-0.39, 0.29) is 6.04 Å². The van der Waals surface area contributed by atoms with Crippen molar-refractivity contribution < 1.29 is 5.11 Å². The smallest absolute Gasteiger partial charge is 0.0691 e. The van der Waals surface area contributed by atoms with E-state index in [1.807, 2.05) is 19.1 Å². The second-order valence-electron chi connectivity index (χ2n) is 3.20. The van der Waals surface area contributed by atoms with Gasteiger partial charge in [-0.05, 0) is 24.5 Å². The Morgan fingerprint density at radius 3 is 2.92 bits per heavy atom. The van der Waals surface area contributed by atoms with Crippen LogP contribution in [0.25, 0.3) is 0 Å². The third-order valence-corrected chi connectivity index (χ3v) is 2.11. The summed E-state index contributed by atoms with van der Waals surface area (Å²) in [7, 11) is 0. The predicted molar refractivity (Wildman–Crippen MR) is 52.2 cm³/mol. The second kappa shape index (κ2) is 4.94. The number of hydrogen-bond acceptors (Lipinski definition) is 3. The van der Waals surface area contributed by atoms with Gasteiger partial charge in [-0.15, -0.1) is 0 Å². The first-order valence-corrected chi connectivity index (χ1v) is 4.56. The zero-order valence-electron chi connectivity index (χ0n) is 7.85. The summed E-state index contributed by atoms with van der Waals surface area (Å²) >= 11 is 0. The van der Waals surface area contributed by atoms with Crippen LogP contribution in [0.5, 0.6) is 0 Å². The van der Waals surface area contributed by atoms with Crippen molar-refractivity contribution in [2.45, 2.75) is 31.9 Å². The minimum absolute atomic E-state index is 0.186. The van der Waals surface area contributed by atoms with Crippen molar-refractivity contribution >= 4 is 0 Å². The van der Waals surface area contributed by atoms with Gasteiger partial charge in [0.1, 0.15) is 0 Å². The third-order valence-electron chi connectivity index (χ3n) is 2.11. The summed E-state index contributed by atoms with van der Waals surface area (Å²) in [5.41, 5.74) is 6.85. The maximum absolute atomic E-state index is 9.44. The van der Waals surface area contributed by atoms with E-state index in [2.05, 4.69) is 4.98 Å². The first kappa shape index (κ1) is 10.2. The van der Waals surface area contributed by atoms with Gasteiger partial charge >= 0.3 is 0 Å². The van der Waals surface area contributed by atoms with Crippen molar-refractivity contribution in [3.05, 3.63) is 30.1 Å². The van der Waals surface area contributed by atoms with Crippen molar-refractivity contribution in [1.29, 1.82) is 0 Å².